The largest absolute Gasteiger partial charge is 0.302 e. The lowest BCUT2D eigenvalue weighted by Crippen LogP contribution is -2.23. The molecule has 1 aromatic carbocycles. The summed E-state index contributed by atoms with van der Waals surface area (Å²) in [6, 6.07) is 8.08. The van der Waals surface area contributed by atoms with Crippen molar-refractivity contribution >= 4 is 54.2 Å². The van der Waals surface area contributed by atoms with E-state index in [0.717, 1.165) is 10.3 Å². The van der Waals surface area contributed by atoms with Gasteiger partial charge in [-0.05, 0) is 30.0 Å². The number of nitrogens with one attached hydrogen (secondary N) is 2. The summed E-state index contributed by atoms with van der Waals surface area (Å²) in [6.45, 7) is -0.290. The van der Waals surface area contributed by atoms with Crippen LogP contribution in [0.25, 0.3) is 10.2 Å². The number of hydrogen-bond donors (Lipinski definition) is 2. The summed E-state index contributed by atoms with van der Waals surface area (Å²) in [5.74, 6) is -0.307. The van der Waals surface area contributed by atoms with E-state index in [9.17, 15) is 13.2 Å². The molecule has 2 heterocycles. The number of aromatic nitrogens is 2. The number of carbonyl (C=O) groups excluding carboxylic acids is 1. The van der Waals surface area contributed by atoms with Crippen LogP contribution in [0.2, 0.25) is 5.02 Å². The smallest absolute Gasteiger partial charge is 0.241 e. The average molecular weight is 448 g/mol. The Morgan fingerprint density at radius 2 is 2.07 bits per heavy atom. The Labute approximate surface area is 175 Å². The minimum Gasteiger partial charge on any atom is -0.302 e. The first kappa shape index (κ1) is 19.7. The summed E-state index contributed by atoms with van der Waals surface area (Å²) in [7, 11) is -3.71. The van der Waals surface area contributed by atoms with Gasteiger partial charge >= 0.3 is 0 Å². The Balaban J connectivity index is 1.42. The van der Waals surface area contributed by atoms with E-state index < -0.39 is 10.0 Å². The van der Waals surface area contributed by atoms with Crippen LogP contribution >= 0.6 is 22.9 Å². The summed E-state index contributed by atoms with van der Waals surface area (Å²) < 4.78 is 27.0. The number of benzene rings is 1. The first-order valence-electron chi connectivity index (χ1n) is 8.56. The topological polar surface area (TPSA) is 125 Å². The number of anilines is 1. The normalized spacial score (nSPS) is 18.3. The number of thiazole rings is 1. The number of hydrogen-bond acceptors (Lipinski definition) is 7. The number of nitriles is 1. The molecule has 8 nitrogen and oxygen atoms in total. The number of nitrogens with zero attached hydrogens (tertiary/aromatic N) is 3. The fraction of sp³-hybridized carbons (Fsp3) is 0.222. The van der Waals surface area contributed by atoms with E-state index in [2.05, 4.69) is 20.0 Å². The molecule has 2 aromatic heterocycles. The van der Waals surface area contributed by atoms with Crippen molar-refractivity contribution < 1.29 is 13.2 Å². The van der Waals surface area contributed by atoms with Crippen molar-refractivity contribution in [1.29, 1.82) is 5.26 Å². The highest BCUT2D eigenvalue weighted by atomic mass is 35.5. The molecule has 4 rings (SSSR count). The first-order valence-corrected chi connectivity index (χ1v) is 11.2. The number of pyridine rings is 1. The van der Waals surface area contributed by atoms with E-state index in [4.69, 9.17) is 16.9 Å². The highest BCUT2D eigenvalue weighted by Crippen LogP contribution is 2.48. The number of amides is 1. The molecule has 2 unspecified atom stereocenters. The van der Waals surface area contributed by atoms with Gasteiger partial charge in [-0.2, -0.15) is 9.98 Å². The second-order valence-electron chi connectivity index (χ2n) is 6.48. The van der Waals surface area contributed by atoms with Crippen molar-refractivity contribution in [2.24, 2.45) is 5.92 Å². The van der Waals surface area contributed by atoms with E-state index in [1.54, 1.807) is 24.4 Å². The number of rotatable bonds is 6. The fourth-order valence-corrected chi connectivity index (χ4v) is 5.07. The molecular formula is C18H14ClN5O3S2. The number of halogens is 1. The molecule has 0 spiro atoms. The van der Waals surface area contributed by atoms with E-state index in [-0.39, 0.29) is 29.2 Å². The van der Waals surface area contributed by atoms with Gasteiger partial charge in [0, 0.05) is 18.3 Å². The van der Waals surface area contributed by atoms with Gasteiger partial charge in [-0.3, -0.25) is 9.78 Å². The van der Waals surface area contributed by atoms with Crippen LogP contribution in [0.3, 0.4) is 0 Å². The molecule has 0 aliphatic heterocycles. The minimum absolute atomic E-state index is 0.0263. The molecule has 11 heteroatoms. The van der Waals surface area contributed by atoms with Crippen LogP contribution in [0.4, 0.5) is 5.13 Å². The standard InChI is InChI=1S/C18H14ClN5O3S2/c19-14-8-21-9-15-16(14)23-18(28-15)24-17(25)13-7-12(13)10-1-3-11(4-2-10)29(26,27)22-6-5-20/h1-4,8-9,12-13,22H,6-7H2,(H,23,24,25). The third kappa shape index (κ3) is 4.09. The maximum atomic E-state index is 12.5. The van der Waals surface area contributed by atoms with Gasteiger partial charge < -0.3 is 5.32 Å². The van der Waals surface area contributed by atoms with Gasteiger partial charge in [-0.25, -0.2) is 13.4 Å². The van der Waals surface area contributed by atoms with Gasteiger partial charge in [-0.15, -0.1) is 0 Å². The summed E-state index contributed by atoms with van der Waals surface area (Å²) in [6.07, 6.45) is 3.83. The summed E-state index contributed by atoms with van der Waals surface area (Å²) in [5, 5.41) is 12.2. The van der Waals surface area contributed by atoms with Crippen LogP contribution in [-0.4, -0.2) is 30.8 Å². The lowest BCUT2D eigenvalue weighted by molar-refractivity contribution is -0.117. The third-order valence-corrected chi connectivity index (χ3v) is 7.18. The van der Waals surface area contributed by atoms with Crippen molar-refractivity contribution in [3.8, 4) is 6.07 Å². The summed E-state index contributed by atoms with van der Waals surface area (Å²) in [5.41, 5.74) is 1.50. The van der Waals surface area contributed by atoms with E-state index in [0.29, 0.717) is 22.1 Å². The molecule has 29 heavy (non-hydrogen) atoms. The molecule has 1 aliphatic rings. The van der Waals surface area contributed by atoms with Crippen LogP contribution in [0.15, 0.2) is 41.6 Å². The van der Waals surface area contributed by atoms with Crippen LogP contribution in [0.5, 0.6) is 0 Å². The molecule has 1 aliphatic carbocycles. The number of sulfonamides is 1. The third-order valence-electron chi connectivity index (χ3n) is 4.58. The van der Waals surface area contributed by atoms with Gasteiger partial charge in [0.15, 0.2) is 5.13 Å². The lowest BCUT2D eigenvalue weighted by Gasteiger charge is -2.05. The summed E-state index contributed by atoms with van der Waals surface area (Å²) >= 11 is 7.37. The van der Waals surface area contributed by atoms with Gasteiger partial charge in [0.05, 0.1) is 27.2 Å². The summed E-state index contributed by atoms with van der Waals surface area (Å²) in [4.78, 5) is 21.0. The molecule has 0 bridgehead atoms. The van der Waals surface area contributed by atoms with Crippen LogP contribution < -0.4 is 10.0 Å². The van der Waals surface area contributed by atoms with Crippen molar-refractivity contribution in [2.45, 2.75) is 17.2 Å². The fourth-order valence-electron chi connectivity index (χ4n) is 3.03. The molecule has 1 amide bonds. The molecule has 0 saturated heterocycles. The Bertz CT molecular complexity index is 1230. The highest BCUT2D eigenvalue weighted by Gasteiger charge is 2.44. The molecule has 0 radical (unpaired) electrons. The predicted molar refractivity (Wildman–Crippen MR) is 109 cm³/mol. The van der Waals surface area contributed by atoms with Gasteiger partial charge in [-0.1, -0.05) is 35.1 Å². The van der Waals surface area contributed by atoms with Gasteiger partial charge in [0.25, 0.3) is 0 Å². The molecule has 1 saturated carbocycles. The minimum atomic E-state index is -3.71. The van der Waals surface area contributed by atoms with Crippen molar-refractivity contribution in [3.05, 3.63) is 47.2 Å². The maximum absolute atomic E-state index is 12.5. The van der Waals surface area contributed by atoms with Crippen LogP contribution in [0, 0.1) is 17.2 Å². The second kappa shape index (κ2) is 7.68. The van der Waals surface area contributed by atoms with Crippen LogP contribution in [0.1, 0.15) is 17.9 Å². The Morgan fingerprint density at radius 3 is 2.76 bits per heavy atom. The predicted octanol–water partition coefficient (Wildman–Crippen LogP) is 2.89. The average Bonchev–Trinajstić information content (AvgIpc) is 3.40. The molecule has 1 fully saturated rings. The SMILES string of the molecule is N#CCNS(=O)(=O)c1ccc(C2CC2C(=O)Nc2nc3c(Cl)cncc3s2)cc1. The molecular weight excluding hydrogens is 434 g/mol. The van der Waals surface area contributed by atoms with Gasteiger partial charge in [0.1, 0.15) is 5.52 Å². The highest BCUT2D eigenvalue weighted by molar-refractivity contribution is 7.89. The molecule has 2 N–H and O–H groups in total. The maximum Gasteiger partial charge on any atom is 0.241 e. The lowest BCUT2D eigenvalue weighted by atomic mass is 10.1. The quantitative estimate of drug-likeness (QED) is 0.559. The molecule has 3 aromatic rings. The zero-order valence-corrected chi connectivity index (χ0v) is 17.2. The first-order chi connectivity index (χ1) is 13.9. The monoisotopic (exact) mass is 447 g/mol. The van der Waals surface area contributed by atoms with Crippen molar-refractivity contribution in [3.63, 3.8) is 0 Å². The molecule has 148 valence electrons. The van der Waals surface area contributed by atoms with E-state index in [1.165, 1.54) is 29.7 Å². The number of carbonyl (C=O) groups is 1. The Hall–Kier alpha value is -2.58. The van der Waals surface area contributed by atoms with Crippen molar-refractivity contribution in [1.82, 2.24) is 14.7 Å². The zero-order chi connectivity index (χ0) is 20.6. The van der Waals surface area contributed by atoms with Gasteiger partial charge in [0.2, 0.25) is 15.9 Å². The second-order valence-corrected chi connectivity index (χ2v) is 9.68. The number of fused-ring (bicyclic) bond motifs is 1. The zero-order valence-electron chi connectivity index (χ0n) is 14.8. The van der Waals surface area contributed by atoms with E-state index >= 15 is 0 Å². The Kier molecular flexibility index (Phi) is 5.23. The van der Waals surface area contributed by atoms with Crippen LogP contribution in [-0.2, 0) is 14.8 Å². The molecule has 2 atom stereocenters. The Morgan fingerprint density at radius 1 is 1.31 bits per heavy atom. The van der Waals surface area contributed by atoms with Crippen molar-refractivity contribution in [2.75, 3.05) is 11.9 Å². The van der Waals surface area contributed by atoms with E-state index in [1.807, 2.05) is 0 Å².